The Kier molecular flexibility index (Phi) is 2.75. The number of nitrogens with one attached hydrogen (secondary N) is 1. The predicted octanol–water partition coefficient (Wildman–Crippen LogP) is 1.20. The Balaban J connectivity index is 1.74. The highest BCUT2D eigenvalue weighted by atomic mass is 16.1. The summed E-state index contributed by atoms with van der Waals surface area (Å²) in [6.45, 7) is 1.74. The molecule has 3 aromatic rings. The Bertz CT molecular complexity index is 816. The summed E-state index contributed by atoms with van der Waals surface area (Å²) in [4.78, 5) is 16.9. The van der Waals surface area contributed by atoms with E-state index in [0.29, 0.717) is 22.8 Å². The summed E-state index contributed by atoms with van der Waals surface area (Å²) >= 11 is 0. The second-order valence-corrected chi connectivity index (χ2v) is 5.11. The van der Waals surface area contributed by atoms with E-state index in [-0.39, 0.29) is 5.78 Å². The average molecular weight is 279 g/mol. The van der Waals surface area contributed by atoms with Gasteiger partial charge in [0.05, 0.1) is 23.3 Å². The number of benzene rings is 1. The van der Waals surface area contributed by atoms with Crippen LogP contribution in [0.4, 0.5) is 0 Å². The highest BCUT2D eigenvalue weighted by Crippen LogP contribution is 2.19. The van der Waals surface area contributed by atoms with E-state index in [2.05, 4.69) is 20.6 Å². The number of para-hydroxylation sites is 1. The average Bonchev–Trinajstić information content (AvgIpc) is 2.93. The lowest BCUT2D eigenvalue weighted by Gasteiger charge is -2.26. The number of pyridine rings is 1. The lowest BCUT2D eigenvalue weighted by molar-refractivity contribution is 0.103. The maximum atomic E-state index is 12.6. The van der Waals surface area contributed by atoms with Crippen molar-refractivity contribution in [3.05, 3.63) is 54.0 Å². The van der Waals surface area contributed by atoms with Crippen LogP contribution in [0.1, 0.15) is 22.1 Å². The first-order chi connectivity index (χ1) is 10.3. The third-order valence-corrected chi connectivity index (χ3v) is 3.75. The molecule has 6 heteroatoms. The molecular formula is C15H13N5O. The van der Waals surface area contributed by atoms with E-state index >= 15 is 0 Å². The zero-order valence-electron chi connectivity index (χ0n) is 11.2. The fourth-order valence-electron chi connectivity index (χ4n) is 2.45. The van der Waals surface area contributed by atoms with Gasteiger partial charge in [-0.3, -0.25) is 9.78 Å². The maximum absolute atomic E-state index is 12.6. The molecule has 1 saturated heterocycles. The standard InChI is InChI=1S/C15H13N5O/c21-15(13-9-20(19-18-13)11-7-16-8-11)12-5-1-3-10-4-2-6-17-14(10)12/h1-6,9,11,16H,7-8H2. The number of hydrogen-bond donors (Lipinski definition) is 1. The van der Waals surface area contributed by atoms with Gasteiger partial charge < -0.3 is 5.32 Å². The van der Waals surface area contributed by atoms with Gasteiger partial charge in [0.15, 0.2) is 5.69 Å². The van der Waals surface area contributed by atoms with E-state index in [1.807, 2.05) is 24.3 Å². The number of aromatic nitrogens is 4. The number of carbonyl (C=O) groups excluding carboxylic acids is 1. The first-order valence-corrected chi connectivity index (χ1v) is 6.84. The number of nitrogens with zero attached hydrogens (tertiary/aromatic N) is 4. The number of hydrogen-bond acceptors (Lipinski definition) is 5. The second kappa shape index (κ2) is 4.75. The molecule has 1 aliphatic rings. The van der Waals surface area contributed by atoms with E-state index < -0.39 is 0 Å². The summed E-state index contributed by atoms with van der Waals surface area (Å²) in [5, 5.41) is 12.2. The van der Waals surface area contributed by atoms with E-state index in [1.54, 1.807) is 23.1 Å². The highest BCUT2D eigenvalue weighted by Gasteiger charge is 2.22. The van der Waals surface area contributed by atoms with Gasteiger partial charge in [-0.25, -0.2) is 4.68 Å². The van der Waals surface area contributed by atoms with Gasteiger partial charge in [0.2, 0.25) is 5.78 Å². The Labute approximate surface area is 120 Å². The molecular weight excluding hydrogens is 266 g/mol. The van der Waals surface area contributed by atoms with Crippen molar-refractivity contribution in [2.75, 3.05) is 13.1 Å². The lowest BCUT2D eigenvalue weighted by Crippen LogP contribution is -2.43. The van der Waals surface area contributed by atoms with Gasteiger partial charge in [-0.1, -0.05) is 23.4 Å². The van der Waals surface area contributed by atoms with Crippen LogP contribution in [0.2, 0.25) is 0 Å². The molecule has 6 nitrogen and oxygen atoms in total. The van der Waals surface area contributed by atoms with Crippen LogP contribution in [0.5, 0.6) is 0 Å². The van der Waals surface area contributed by atoms with Gasteiger partial charge >= 0.3 is 0 Å². The molecule has 0 spiro atoms. The van der Waals surface area contributed by atoms with Crippen molar-refractivity contribution in [2.24, 2.45) is 0 Å². The second-order valence-electron chi connectivity index (χ2n) is 5.11. The number of fused-ring (bicyclic) bond motifs is 1. The first kappa shape index (κ1) is 12.2. The van der Waals surface area contributed by atoms with Crippen molar-refractivity contribution in [2.45, 2.75) is 6.04 Å². The van der Waals surface area contributed by atoms with Crippen LogP contribution < -0.4 is 5.32 Å². The van der Waals surface area contributed by atoms with Crippen molar-refractivity contribution in [1.29, 1.82) is 0 Å². The fraction of sp³-hybridized carbons (Fsp3) is 0.200. The Morgan fingerprint density at radius 1 is 1.24 bits per heavy atom. The summed E-state index contributed by atoms with van der Waals surface area (Å²) in [5.74, 6) is -0.141. The van der Waals surface area contributed by atoms with Crippen molar-refractivity contribution < 1.29 is 4.79 Å². The van der Waals surface area contributed by atoms with Crippen molar-refractivity contribution in [1.82, 2.24) is 25.3 Å². The Hall–Kier alpha value is -2.60. The third-order valence-electron chi connectivity index (χ3n) is 3.75. The highest BCUT2D eigenvalue weighted by molar-refractivity contribution is 6.14. The van der Waals surface area contributed by atoms with E-state index in [0.717, 1.165) is 18.5 Å². The normalized spacial score (nSPS) is 15.0. The van der Waals surface area contributed by atoms with Gasteiger partial charge in [0, 0.05) is 24.7 Å². The largest absolute Gasteiger partial charge is 0.312 e. The lowest BCUT2D eigenvalue weighted by atomic mass is 10.0. The molecule has 4 rings (SSSR count). The first-order valence-electron chi connectivity index (χ1n) is 6.84. The molecule has 1 aromatic carbocycles. The number of rotatable bonds is 3. The zero-order valence-corrected chi connectivity index (χ0v) is 11.2. The van der Waals surface area contributed by atoms with Crippen LogP contribution in [0.15, 0.2) is 42.7 Å². The molecule has 0 amide bonds. The predicted molar refractivity (Wildman–Crippen MR) is 77.1 cm³/mol. The van der Waals surface area contributed by atoms with Crippen LogP contribution in [0.25, 0.3) is 10.9 Å². The molecule has 3 heterocycles. The molecule has 0 atom stereocenters. The van der Waals surface area contributed by atoms with E-state index in [4.69, 9.17) is 0 Å². The van der Waals surface area contributed by atoms with Gasteiger partial charge in [0.25, 0.3) is 0 Å². The SMILES string of the molecule is O=C(c1cn(C2CNC2)nn1)c1cccc2cccnc12. The molecule has 1 fully saturated rings. The molecule has 104 valence electrons. The summed E-state index contributed by atoms with van der Waals surface area (Å²) in [6.07, 6.45) is 3.41. The van der Waals surface area contributed by atoms with Crippen LogP contribution in [-0.2, 0) is 0 Å². The van der Waals surface area contributed by atoms with Gasteiger partial charge in [-0.2, -0.15) is 0 Å². The molecule has 0 unspecified atom stereocenters. The third kappa shape index (κ3) is 2.00. The summed E-state index contributed by atoms with van der Waals surface area (Å²) in [7, 11) is 0. The summed E-state index contributed by atoms with van der Waals surface area (Å²) in [6, 6.07) is 9.67. The Morgan fingerprint density at radius 2 is 2.10 bits per heavy atom. The van der Waals surface area contributed by atoms with Crippen molar-refractivity contribution >= 4 is 16.7 Å². The van der Waals surface area contributed by atoms with Crippen LogP contribution in [-0.4, -0.2) is 38.9 Å². The van der Waals surface area contributed by atoms with Crippen LogP contribution >= 0.6 is 0 Å². The van der Waals surface area contributed by atoms with Crippen LogP contribution in [0.3, 0.4) is 0 Å². The fourth-order valence-corrected chi connectivity index (χ4v) is 2.45. The monoisotopic (exact) mass is 279 g/mol. The van der Waals surface area contributed by atoms with Gasteiger partial charge in [-0.05, 0) is 12.1 Å². The van der Waals surface area contributed by atoms with Gasteiger partial charge in [0.1, 0.15) is 0 Å². The Morgan fingerprint density at radius 3 is 2.90 bits per heavy atom. The molecule has 2 aromatic heterocycles. The maximum Gasteiger partial charge on any atom is 0.217 e. The minimum atomic E-state index is -0.141. The topological polar surface area (TPSA) is 72.7 Å². The quantitative estimate of drug-likeness (QED) is 0.729. The molecule has 0 radical (unpaired) electrons. The minimum Gasteiger partial charge on any atom is -0.312 e. The van der Waals surface area contributed by atoms with E-state index in [1.165, 1.54) is 0 Å². The minimum absolute atomic E-state index is 0.141. The van der Waals surface area contributed by atoms with Crippen molar-refractivity contribution in [3.8, 4) is 0 Å². The number of carbonyl (C=O) groups is 1. The smallest absolute Gasteiger partial charge is 0.217 e. The molecule has 0 saturated carbocycles. The molecule has 21 heavy (non-hydrogen) atoms. The number of ketones is 1. The molecule has 1 N–H and O–H groups in total. The summed E-state index contributed by atoms with van der Waals surface area (Å²) in [5.41, 5.74) is 1.62. The van der Waals surface area contributed by atoms with Crippen molar-refractivity contribution in [3.63, 3.8) is 0 Å². The van der Waals surface area contributed by atoms with E-state index in [9.17, 15) is 4.79 Å². The van der Waals surface area contributed by atoms with Gasteiger partial charge in [-0.15, -0.1) is 5.10 Å². The van der Waals surface area contributed by atoms with Crippen LogP contribution in [0, 0.1) is 0 Å². The zero-order chi connectivity index (χ0) is 14.2. The molecule has 1 aliphatic heterocycles. The summed E-state index contributed by atoms with van der Waals surface area (Å²) < 4.78 is 1.75. The molecule has 0 bridgehead atoms. The molecule has 0 aliphatic carbocycles.